The molecule has 0 radical (unpaired) electrons. The van der Waals surface area contributed by atoms with Crippen LogP contribution in [0.3, 0.4) is 0 Å². The van der Waals surface area contributed by atoms with Crippen LogP contribution in [0.4, 0.5) is 4.39 Å². The number of alkyl halides is 1. The minimum Gasteiger partial charge on any atom is -0.298 e. The molecule has 12 heavy (non-hydrogen) atoms. The Hall–Kier alpha value is -0.220. The second-order valence-corrected chi connectivity index (χ2v) is 3.53. The molecule has 0 bridgehead atoms. The van der Waals surface area contributed by atoms with Crippen LogP contribution in [-0.2, 0) is 5.33 Å². The molecule has 1 aromatic rings. The predicted octanol–water partition coefficient (Wildman–Crippen LogP) is 3.30. The molecular formula is C8H5Br2FO. The van der Waals surface area contributed by atoms with Crippen molar-refractivity contribution in [3.05, 3.63) is 33.5 Å². The minimum atomic E-state index is -0.352. The fraction of sp³-hybridized carbons (Fsp3) is 0.125. The van der Waals surface area contributed by atoms with Crippen LogP contribution in [0.1, 0.15) is 15.9 Å². The monoisotopic (exact) mass is 294 g/mol. The fourth-order valence-corrected chi connectivity index (χ4v) is 2.34. The molecule has 0 heterocycles. The van der Waals surface area contributed by atoms with E-state index in [4.69, 9.17) is 0 Å². The van der Waals surface area contributed by atoms with Gasteiger partial charge in [0.05, 0.1) is 4.47 Å². The maximum absolute atomic E-state index is 12.9. The van der Waals surface area contributed by atoms with Gasteiger partial charge in [-0.15, -0.1) is 0 Å². The molecule has 0 aromatic heterocycles. The number of hydrogen-bond donors (Lipinski definition) is 0. The normalized spacial score (nSPS) is 9.92. The molecule has 0 fully saturated rings. The third-order valence-electron chi connectivity index (χ3n) is 1.49. The lowest BCUT2D eigenvalue weighted by Crippen LogP contribution is -1.93. The standard InChI is InChI=1S/C8H5Br2FO/c9-3-6-5(4-12)1-2-7(11)8(6)10/h1-2,4H,3H2. The van der Waals surface area contributed by atoms with Gasteiger partial charge in [0.15, 0.2) is 0 Å². The maximum atomic E-state index is 12.9. The molecule has 0 saturated heterocycles. The van der Waals surface area contributed by atoms with E-state index in [2.05, 4.69) is 31.9 Å². The van der Waals surface area contributed by atoms with Crippen LogP contribution in [0.5, 0.6) is 0 Å². The Bertz CT molecular complexity index is 312. The Kier molecular flexibility index (Phi) is 3.40. The van der Waals surface area contributed by atoms with E-state index in [9.17, 15) is 9.18 Å². The highest BCUT2D eigenvalue weighted by Gasteiger charge is 2.08. The van der Waals surface area contributed by atoms with Crippen molar-refractivity contribution in [2.24, 2.45) is 0 Å². The van der Waals surface area contributed by atoms with E-state index in [1.54, 1.807) is 0 Å². The average molecular weight is 296 g/mol. The van der Waals surface area contributed by atoms with Gasteiger partial charge >= 0.3 is 0 Å². The highest BCUT2D eigenvalue weighted by atomic mass is 79.9. The first-order valence-electron chi connectivity index (χ1n) is 3.18. The molecule has 1 nitrogen and oxygen atoms in total. The van der Waals surface area contributed by atoms with Gasteiger partial charge in [0.1, 0.15) is 12.1 Å². The fourth-order valence-electron chi connectivity index (χ4n) is 0.854. The lowest BCUT2D eigenvalue weighted by atomic mass is 10.1. The summed E-state index contributed by atoms with van der Waals surface area (Å²) in [5.74, 6) is -0.352. The first kappa shape index (κ1) is 9.86. The first-order chi connectivity index (χ1) is 5.70. The van der Waals surface area contributed by atoms with Crippen molar-refractivity contribution in [3.8, 4) is 0 Å². The van der Waals surface area contributed by atoms with Gasteiger partial charge in [0, 0.05) is 10.9 Å². The van der Waals surface area contributed by atoms with Gasteiger partial charge in [-0.25, -0.2) is 4.39 Å². The molecule has 0 N–H and O–H groups in total. The van der Waals surface area contributed by atoms with Crippen molar-refractivity contribution in [2.45, 2.75) is 5.33 Å². The lowest BCUT2D eigenvalue weighted by molar-refractivity contribution is 0.112. The van der Waals surface area contributed by atoms with Gasteiger partial charge in [-0.05, 0) is 33.6 Å². The SMILES string of the molecule is O=Cc1ccc(F)c(Br)c1CBr. The summed E-state index contributed by atoms with van der Waals surface area (Å²) in [4.78, 5) is 10.5. The summed E-state index contributed by atoms with van der Waals surface area (Å²) in [6.45, 7) is 0. The van der Waals surface area contributed by atoms with E-state index < -0.39 is 0 Å². The van der Waals surface area contributed by atoms with Crippen molar-refractivity contribution < 1.29 is 9.18 Å². The Labute approximate surface area is 86.2 Å². The van der Waals surface area contributed by atoms with Crippen LogP contribution < -0.4 is 0 Å². The summed E-state index contributed by atoms with van der Waals surface area (Å²) in [5, 5.41) is 0.458. The topological polar surface area (TPSA) is 17.1 Å². The van der Waals surface area contributed by atoms with Crippen LogP contribution in [-0.4, -0.2) is 6.29 Å². The van der Waals surface area contributed by atoms with Crippen molar-refractivity contribution in [2.75, 3.05) is 0 Å². The number of benzene rings is 1. The molecule has 0 aliphatic rings. The van der Waals surface area contributed by atoms with Crippen molar-refractivity contribution in [1.29, 1.82) is 0 Å². The number of carbonyl (C=O) groups is 1. The molecule has 1 aromatic carbocycles. The second-order valence-electron chi connectivity index (χ2n) is 2.18. The third kappa shape index (κ3) is 1.75. The third-order valence-corrected chi connectivity index (χ3v) is 2.91. The van der Waals surface area contributed by atoms with E-state index in [0.29, 0.717) is 27.2 Å². The second kappa shape index (κ2) is 4.14. The molecule has 0 unspecified atom stereocenters. The van der Waals surface area contributed by atoms with Gasteiger partial charge in [0.2, 0.25) is 0 Å². The molecular weight excluding hydrogens is 291 g/mol. The molecule has 0 aliphatic heterocycles. The van der Waals surface area contributed by atoms with E-state index >= 15 is 0 Å². The Balaban J connectivity index is 3.35. The smallest absolute Gasteiger partial charge is 0.150 e. The highest BCUT2D eigenvalue weighted by molar-refractivity contribution is 9.10. The van der Waals surface area contributed by atoms with Crippen LogP contribution in [0, 0.1) is 5.82 Å². The maximum Gasteiger partial charge on any atom is 0.150 e. The first-order valence-corrected chi connectivity index (χ1v) is 5.10. The summed E-state index contributed by atoms with van der Waals surface area (Å²) in [6.07, 6.45) is 0.709. The zero-order chi connectivity index (χ0) is 9.14. The highest BCUT2D eigenvalue weighted by Crippen LogP contribution is 2.25. The van der Waals surface area contributed by atoms with Gasteiger partial charge in [-0.2, -0.15) is 0 Å². The van der Waals surface area contributed by atoms with E-state index in [1.165, 1.54) is 12.1 Å². The van der Waals surface area contributed by atoms with Crippen molar-refractivity contribution in [1.82, 2.24) is 0 Å². The largest absolute Gasteiger partial charge is 0.298 e. The number of carbonyl (C=O) groups excluding carboxylic acids is 1. The number of hydrogen-bond acceptors (Lipinski definition) is 1. The Morgan fingerprint density at radius 2 is 2.17 bits per heavy atom. The molecule has 1 rings (SSSR count). The summed E-state index contributed by atoms with van der Waals surface area (Å²) < 4.78 is 13.2. The van der Waals surface area contributed by atoms with E-state index in [-0.39, 0.29) is 5.82 Å². The molecule has 64 valence electrons. The van der Waals surface area contributed by atoms with Crippen LogP contribution in [0.2, 0.25) is 0 Å². The molecule has 0 atom stereocenters. The number of rotatable bonds is 2. The molecule has 0 aliphatic carbocycles. The van der Waals surface area contributed by atoms with Gasteiger partial charge < -0.3 is 0 Å². The van der Waals surface area contributed by atoms with Gasteiger partial charge in [0.25, 0.3) is 0 Å². The Morgan fingerprint density at radius 3 is 2.67 bits per heavy atom. The zero-order valence-corrected chi connectivity index (χ0v) is 9.15. The molecule has 0 amide bonds. The summed E-state index contributed by atoms with van der Waals surface area (Å²) >= 11 is 6.25. The average Bonchev–Trinajstić information content (AvgIpc) is 2.09. The van der Waals surface area contributed by atoms with Crippen LogP contribution in [0.15, 0.2) is 16.6 Å². The summed E-state index contributed by atoms with van der Waals surface area (Å²) in [6, 6.07) is 2.73. The Morgan fingerprint density at radius 1 is 1.50 bits per heavy atom. The number of aldehydes is 1. The zero-order valence-electron chi connectivity index (χ0n) is 5.98. The minimum absolute atomic E-state index is 0.351. The van der Waals surface area contributed by atoms with Crippen molar-refractivity contribution >= 4 is 38.1 Å². The summed E-state index contributed by atoms with van der Waals surface area (Å²) in [7, 11) is 0. The molecule has 0 spiro atoms. The van der Waals surface area contributed by atoms with E-state index in [1.807, 2.05) is 0 Å². The molecule has 0 saturated carbocycles. The van der Waals surface area contributed by atoms with Gasteiger partial charge in [-0.3, -0.25) is 4.79 Å². The number of halogens is 3. The van der Waals surface area contributed by atoms with Gasteiger partial charge in [-0.1, -0.05) is 15.9 Å². The van der Waals surface area contributed by atoms with Crippen LogP contribution >= 0.6 is 31.9 Å². The predicted molar refractivity (Wildman–Crippen MR) is 52.1 cm³/mol. The van der Waals surface area contributed by atoms with E-state index in [0.717, 1.165) is 0 Å². The molecule has 4 heteroatoms. The lowest BCUT2D eigenvalue weighted by Gasteiger charge is -2.03. The van der Waals surface area contributed by atoms with Crippen molar-refractivity contribution in [3.63, 3.8) is 0 Å². The quantitative estimate of drug-likeness (QED) is 0.604. The summed E-state index contributed by atoms with van der Waals surface area (Å²) in [5.41, 5.74) is 1.14. The van der Waals surface area contributed by atoms with Crippen LogP contribution in [0.25, 0.3) is 0 Å².